The molecule has 0 saturated carbocycles. The van der Waals surface area contributed by atoms with Crippen LogP contribution in [0, 0.1) is 11.8 Å². The molecule has 4 aliphatic heterocycles. The largest absolute Gasteiger partial charge is 0.445 e. The Bertz CT molecular complexity index is 2030. The molecule has 2 aromatic carbocycles. The molecule has 4 heterocycles. The predicted octanol–water partition coefficient (Wildman–Crippen LogP) is 1.38. The van der Waals surface area contributed by atoms with Gasteiger partial charge in [0.05, 0.1) is 21.3 Å². The summed E-state index contributed by atoms with van der Waals surface area (Å²) in [5.74, 6) is -6.42. The Kier molecular flexibility index (Phi) is 10.8. The van der Waals surface area contributed by atoms with Gasteiger partial charge in [-0.1, -0.05) is 60.7 Å². The van der Waals surface area contributed by atoms with Gasteiger partial charge in [-0.25, -0.2) is 36.0 Å². The van der Waals surface area contributed by atoms with Crippen molar-refractivity contribution in [1.82, 2.24) is 20.4 Å². The topological polar surface area (TPSA) is 238 Å². The van der Waals surface area contributed by atoms with Gasteiger partial charge in [-0.05, 0) is 52.7 Å². The van der Waals surface area contributed by atoms with Crippen LogP contribution in [0.3, 0.4) is 0 Å². The summed E-state index contributed by atoms with van der Waals surface area (Å²) < 4.78 is 71.8. The van der Waals surface area contributed by atoms with Gasteiger partial charge in [0.15, 0.2) is 19.7 Å². The van der Waals surface area contributed by atoms with Crippen LogP contribution in [0.2, 0.25) is 0 Å². The van der Waals surface area contributed by atoms with Gasteiger partial charge in [0.25, 0.3) is 0 Å². The molecule has 4 aliphatic rings. The highest BCUT2D eigenvalue weighted by molar-refractivity contribution is 7.94. The Morgan fingerprint density at radius 1 is 0.614 bits per heavy atom. The second-order valence-corrected chi connectivity index (χ2v) is 20.7. The van der Waals surface area contributed by atoms with Crippen LogP contribution in [0.15, 0.2) is 60.7 Å². The second kappa shape index (κ2) is 14.9. The summed E-state index contributed by atoms with van der Waals surface area (Å²) in [6, 6.07) is 12.3. The number of benzene rings is 2. The summed E-state index contributed by atoms with van der Waals surface area (Å²) >= 11 is 0. The molecule has 4 saturated heterocycles. The summed E-state index contributed by atoms with van der Waals surface area (Å²) in [5, 5.41) is 2.01. The number of fused-ring (bicyclic) bond motifs is 2. The Morgan fingerprint density at radius 2 is 0.947 bits per heavy atom. The van der Waals surface area contributed by atoms with Crippen molar-refractivity contribution in [2.24, 2.45) is 11.8 Å². The monoisotopic (exact) mass is 832 g/mol. The molecular formula is C37H44N4O14S2. The molecule has 18 nitrogen and oxygen atoms in total. The van der Waals surface area contributed by atoms with Crippen molar-refractivity contribution in [3.05, 3.63) is 71.8 Å². The number of β-lactam (4-membered cyclic amide) rings is 2. The van der Waals surface area contributed by atoms with E-state index in [1.54, 1.807) is 60.7 Å². The minimum absolute atomic E-state index is 0.0640. The molecule has 0 bridgehead atoms. The number of rotatable bonds is 12. The minimum Gasteiger partial charge on any atom is -0.445 e. The summed E-state index contributed by atoms with van der Waals surface area (Å²) in [6.45, 7) is 6.62. The Labute approximate surface area is 329 Å². The van der Waals surface area contributed by atoms with Crippen LogP contribution in [-0.4, -0.2) is 114 Å². The van der Waals surface area contributed by atoms with Crippen molar-refractivity contribution in [3.8, 4) is 0 Å². The lowest BCUT2D eigenvalue weighted by molar-refractivity contribution is -0.184. The van der Waals surface area contributed by atoms with Crippen LogP contribution < -0.4 is 10.6 Å². The van der Waals surface area contributed by atoms with Crippen LogP contribution in [0.5, 0.6) is 0 Å². The number of esters is 2. The fourth-order valence-corrected chi connectivity index (χ4v) is 12.8. The highest BCUT2D eigenvalue weighted by Gasteiger charge is 2.74. The smallest absolute Gasteiger partial charge is 0.407 e. The van der Waals surface area contributed by atoms with E-state index in [4.69, 9.17) is 18.9 Å². The number of sulfone groups is 2. The highest BCUT2D eigenvalue weighted by Crippen LogP contribution is 2.51. The molecular weight excluding hydrogens is 789 g/mol. The van der Waals surface area contributed by atoms with E-state index in [0.717, 1.165) is 9.80 Å². The molecule has 8 atom stereocenters. The number of alkyl carbamates (subject to hydrolysis) is 2. The molecule has 4 amide bonds. The zero-order chi connectivity index (χ0) is 41.8. The van der Waals surface area contributed by atoms with Crippen molar-refractivity contribution in [1.29, 1.82) is 0 Å². The van der Waals surface area contributed by atoms with E-state index in [-0.39, 0.29) is 13.2 Å². The standard InChI is InChI=1S/C37H44N4O14S2/c1-20(38-34(46)52-17-22-13-9-7-10-14-22)24-28(42)40-26(36(3,4)56(48,49)30(24)40)32(44)54-19-55-33(45)27-37(5,6)57(50,51)31-25(29(43)41(27)31)21(2)39-35(47)53-18-23-15-11-8-12-16-23/h7-16,20-21,24-27,30-31H,17-19H2,1-6H3,(H,38,46)(H,39,47)/t20?,21?,24-,25-,26+,27+,30-,31-/m1/s1. The van der Waals surface area contributed by atoms with Crippen molar-refractivity contribution < 1.29 is 64.6 Å². The maximum Gasteiger partial charge on any atom is 0.407 e. The first-order valence-corrected chi connectivity index (χ1v) is 21.1. The van der Waals surface area contributed by atoms with Gasteiger partial charge in [0.2, 0.25) is 18.6 Å². The number of nitrogens with one attached hydrogen (secondary N) is 2. The lowest BCUT2D eigenvalue weighted by Gasteiger charge is -2.45. The average Bonchev–Trinajstić information content (AvgIpc) is 3.38. The van der Waals surface area contributed by atoms with Crippen LogP contribution in [0.4, 0.5) is 9.59 Å². The SMILES string of the molecule is CC(NC(=O)OCc1ccccc1)[C@@H]1C(=O)N2[C@@H](C(=O)OCOC(=O)[C@@H]3N4C(=O)[C@@H](C(C)NC(=O)OCc5ccccc5)[C@H]4S(=O)(=O)C3(C)C)C(C)(C)S(=O)(=O)[C@H]12. The maximum absolute atomic E-state index is 13.7. The zero-order valence-corrected chi connectivity index (χ0v) is 33.6. The number of ether oxygens (including phenoxy) is 4. The third-order valence-corrected chi connectivity index (χ3v) is 17.0. The van der Waals surface area contributed by atoms with Crippen molar-refractivity contribution in [3.63, 3.8) is 0 Å². The van der Waals surface area contributed by atoms with E-state index in [2.05, 4.69) is 10.6 Å². The van der Waals surface area contributed by atoms with Gasteiger partial charge < -0.3 is 39.4 Å². The Morgan fingerprint density at radius 3 is 1.28 bits per heavy atom. The molecule has 2 N–H and O–H groups in total. The molecule has 4 fully saturated rings. The summed E-state index contributed by atoms with van der Waals surface area (Å²) in [4.78, 5) is 80.4. The van der Waals surface area contributed by atoms with Crippen molar-refractivity contribution in [2.75, 3.05) is 6.79 Å². The quantitative estimate of drug-likeness (QED) is 0.133. The summed E-state index contributed by atoms with van der Waals surface area (Å²) in [7, 11) is -8.50. The van der Waals surface area contributed by atoms with E-state index < -0.39 is 119 Å². The number of hydrogen-bond acceptors (Lipinski definition) is 14. The molecule has 0 aliphatic carbocycles. The van der Waals surface area contributed by atoms with E-state index >= 15 is 0 Å². The number of nitrogens with zero attached hydrogens (tertiary/aromatic N) is 2. The first-order valence-electron chi connectivity index (χ1n) is 18.0. The Hall–Kier alpha value is -5.24. The molecule has 0 radical (unpaired) electrons. The number of carbonyl (C=O) groups is 6. The molecule has 308 valence electrons. The van der Waals surface area contributed by atoms with Crippen LogP contribution in [0.25, 0.3) is 0 Å². The van der Waals surface area contributed by atoms with Crippen molar-refractivity contribution >= 4 is 55.6 Å². The number of hydrogen-bond donors (Lipinski definition) is 2. The fourth-order valence-electron chi connectivity index (χ4n) is 7.96. The molecule has 6 rings (SSSR count). The van der Waals surface area contributed by atoms with Gasteiger partial charge in [-0.15, -0.1) is 0 Å². The van der Waals surface area contributed by atoms with E-state index in [0.29, 0.717) is 11.1 Å². The first-order chi connectivity index (χ1) is 26.7. The van der Waals surface area contributed by atoms with Gasteiger partial charge in [0, 0.05) is 12.1 Å². The van der Waals surface area contributed by atoms with Gasteiger partial charge in [-0.2, -0.15) is 0 Å². The lowest BCUT2D eigenvalue weighted by Crippen LogP contribution is -2.68. The van der Waals surface area contributed by atoms with Crippen LogP contribution in [0.1, 0.15) is 52.7 Å². The molecule has 57 heavy (non-hydrogen) atoms. The highest BCUT2D eigenvalue weighted by atomic mass is 32.2. The lowest BCUT2D eigenvalue weighted by atomic mass is 9.87. The van der Waals surface area contributed by atoms with Crippen LogP contribution >= 0.6 is 0 Å². The normalized spacial score (nSPS) is 28.0. The third-order valence-electron chi connectivity index (χ3n) is 11.3. The second-order valence-electron chi connectivity index (χ2n) is 15.5. The van der Waals surface area contributed by atoms with E-state index in [1.165, 1.54) is 41.5 Å². The van der Waals surface area contributed by atoms with Gasteiger partial charge in [-0.3, -0.25) is 9.59 Å². The molecule has 0 aromatic heterocycles. The Balaban J connectivity index is 1.05. The average molecular weight is 833 g/mol. The summed E-state index contributed by atoms with van der Waals surface area (Å²) in [6.07, 6.45) is -1.76. The summed E-state index contributed by atoms with van der Waals surface area (Å²) in [5.41, 5.74) is 1.42. The van der Waals surface area contributed by atoms with Crippen molar-refractivity contribution in [2.45, 2.75) is 99.2 Å². The number of carbonyl (C=O) groups excluding carboxylic acids is 6. The van der Waals surface area contributed by atoms with Gasteiger partial charge >= 0.3 is 24.1 Å². The molecule has 0 spiro atoms. The fraction of sp³-hybridized carbons (Fsp3) is 0.514. The van der Waals surface area contributed by atoms with E-state index in [9.17, 15) is 45.6 Å². The number of amides is 4. The molecule has 2 aromatic rings. The zero-order valence-electron chi connectivity index (χ0n) is 31.9. The predicted molar refractivity (Wildman–Crippen MR) is 197 cm³/mol. The molecule has 2 unspecified atom stereocenters. The minimum atomic E-state index is -4.25. The molecule has 20 heteroatoms. The third kappa shape index (κ3) is 6.85. The van der Waals surface area contributed by atoms with E-state index in [1.807, 2.05) is 0 Å². The maximum atomic E-state index is 13.7. The first kappa shape index (κ1) is 41.4. The van der Waals surface area contributed by atoms with Gasteiger partial charge in [0.1, 0.15) is 36.0 Å². The van der Waals surface area contributed by atoms with Crippen LogP contribution in [-0.2, 0) is 71.0 Å².